The molecule has 0 unspecified atom stereocenters. The first kappa shape index (κ1) is 19.5. The minimum absolute atomic E-state index is 0.0660. The predicted molar refractivity (Wildman–Crippen MR) is 101 cm³/mol. The summed E-state index contributed by atoms with van der Waals surface area (Å²) in [5.74, 6) is 0.269. The normalized spacial score (nSPS) is 9.77. The fraction of sp³-hybridized carbons (Fsp3) is 0.118. The topological polar surface area (TPSA) is 88.7 Å². The number of halogens is 1. The Hall–Kier alpha value is -2.84. The molecule has 0 saturated heterocycles. The Morgan fingerprint density at radius 3 is 2.42 bits per heavy atom. The van der Waals surface area contributed by atoms with Gasteiger partial charge in [0.25, 0.3) is 11.8 Å². The smallest absolute Gasteiger partial charge is 0.269 e. The lowest BCUT2D eigenvalue weighted by atomic mass is 10.2. The number of rotatable bonds is 5. The number of methoxy groups -OCH3 is 1. The summed E-state index contributed by atoms with van der Waals surface area (Å²) in [4.78, 5) is 23.7. The molecule has 3 N–H and O–H groups in total. The van der Waals surface area contributed by atoms with Crippen LogP contribution in [-0.2, 0) is 4.79 Å². The van der Waals surface area contributed by atoms with E-state index >= 15 is 0 Å². The molecule has 0 bridgehead atoms. The lowest BCUT2D eigenvalue weighted by molar-refractivity contribution is -0.121. The van der Waals surface area contributed by atoms with Crippen molar-refractivity contribution >= 4 is 40.7 Å². The van der Waals surface area contributed by atoms with Gasteiger partial charge in [-0.1, -0.05) is 17.7 Å². The van der Waals surface area contributed by atoms with Crippen molar-refractivity contribution in [2.45, 2.75) is 0 Å². The van der Waals surface area contributed by atoms with Crippen LogP contribution in [0, 0.1) is 0 Å². The zero-order valence-electron chi connectivity index (χ0n) is 13.7. The van der Waals surface area contributed by atoms with E-state index in [0.717, 1.165) is 0 Å². The molecule has 0 saturated carbocycles. The number of ether oxygens (including phenoxy) is 2. The molecule has 0 atom stereocenters. The zero-order chi connectivity index (χ0) is 18.9. The lowest BCUT2D eigenvalue weighted by Crippen LogP contribution is -2.49. The molecule has 9 heteroatoms. The third-order valence-electron chi connectivity index (χ3n) is 3.06. The van der Waals surface area contributed by atoms with Gasteiger partial charge in [-0.05, 0) is 54.7 Å². The van der Waals surface area contributed by atoms with Gasteiger partial charge >= 0.3 is 0 Å². The molecule has 26 heavy (non-hydrogen) atoms. The van der Waals surface area contributed by atoms with Gasteiger partial charge in [-0.25, -0.2) is 0 Å². The number of nitrogens with one attached hydrogen (secondary N) is 3. The highest BCUT2D eigenvalue weighted by Crippen LogP contribution is 2.16. The minimum atomic E-state index is -0.477. The molecule has 0 aliphatic rings. The first-order valence-electron chi connectivity index (χ1n) is 7.40. The van der Waals surface area contributed by atoms with Gasteiger partial charge in [-0.15, -0.1) is 0 Å². The fourth-order valence-electron chi connectivity index (χ4n) is 1.83. The summed E-state index contributed by atoms with van der Waals surface area (Å²) in [6.45, 7) is -0.240. The SMILES string of the molecule is COc1ccc(OCC(=O)NC(=S)NNC(=O)c2cccc(Cl)c2)cc1. The Labute approximate surface area is 160 Å². The number of hydrogen-bond acceptors (Lipinski definition) is 5. The van der Waals surface area contributed by atoms with Crippen molar-refractivity contribution in [1.29, 1.82) is 0 Å². The van der Waals surface area contributed by atoms with Crippen molar-refractivity contribution in [3.63, 3.8) is 0 Å². The molecule has 0 aromatic heterocycles. The predicted octanol–water partition coefficient (Wildman–Crippen LogP) is 2.06. The summed E-state index contributed by atoms with van der Waals surface area (Å²) in [6.07, 6.45) is 0. The number of amides is 2. The Morgan fingerprint density at radius 2 is 1.77 bits per heavy atom. The molecule has 0 aliphatic heterocycles. The van der Waals surface area contributed by atoms with Gasteiger partial charge in [0, 0.05) is 10.6 Å². The van der Waals surface area contributed by atoms with Gasteiger partial charge in [0.1, 0.15) is 11.5 Å². The van der Waals surface area contributed by atoms with Crippen molar-refractivity contribution in [2.75, 3.05) is 13.7 Å². The fourth-order valence-corrected chi connectivity index (χ4v) is 2.19. The largest absolute Gasteiger partial charge is 0.497 e. The number of hydrogen-bond donors (Lipinski definition) is 3. The molecule has 0 heterocycles. The van der Waals surface area contributed by atoms with Crippen LogP contribution in [0.4, 0.5) is 0 Å². The van der Waals surface area contributed by atoms with Crippen LogP contribution in [0.5, 0.6) is 11.5 Å². The van der Waals surface area contributed by atoms with E-state index in [1.807, 2.05) is 0 Å². The molecule has 0 radical (unpaired) electrons. The lowest BCUT2D eigenvalue weighted by Gasteiger charge is -2.11. The standard InChI is InChI=1S/C17H16ClN3O4S/c1-24-13-5-7-14(8-6-13)25-10-15(22)19-17(26)21-20-16(23)11-3-2-4-12(18)9-11/h2-9H,10H2,1H3,(H,20,23)(H2,19,21,22,26). The summed E-state index contributed by atoms with van der Waals surface area (Å²) >= 11 is 10.8. The van der Waals surface area contributed by atoms with E-state index in [1.165, 1.54) is 6.07 Å². The molecule has 7 nitrogen and oxygen atoms in total. The highest BCUT2D eigenvalue weighted by Gasteiger charge is 2.09. The number of carbonyl (C=O) groups is 2. The van der Waals surface area contributed by atoms with Crippen molar-refractivity contribution < 1.29 is 19.1 Å². The molecule has 2 rings (SSSR count). The summed E-state index contributed by atoms with van der Waals surface area (Å²) < 4.78 is 10.3. The highest BCUT2D eigenvalue weighted by atomic mass is 35.5. The van der Waals surface area contributed by atoms with E-state index in [9.17, 15) is 9.59 Å². The quantitative estimate of drug-likeness (QED) is 0.532. The van der Waals surface area contributed by atoms with Crippen LogP contribution in [-0.4, -0.2) is 30.6 Å². The maximum Gasteiger partial charge on any atom is 0.269 e. The van der Waals surface area contributed by atoms with Crippen LogP contribution in [0.25, 0.3) is 0 Å². The van der Waals surface area contributed by atoms with Crippen LogP contribution in [0.1, 0.15) is 10.4 Å². The van der Waals surface area contributed by atoms with E-state index in [4.69, 9.17) is 33.3 Å². The first-order chi connectivity index (χ1) is 12.5. The second-order valence-corrected chi connectivity index (χ2v) is 5.78. The third kappa shape index (κ3) is 6.23. The van der Waals surface area contributed by atoms with Gasteiger partial charge in [0.05, 0.1) is 7.11 Å². The Balaban J connectivity index is 1.72. The number of hydrazine groups is 1. The van der Waals surface area contributed by atoms with Gasteiger partial charge < -0.3 is 9.47 Å². The summed E-state index contributed by atoms with van der Waals surface area (Å²) in [7, 11) is 1.56. The van der Waals surface area contributed by atoms with Crippen LogP contribution in [0.2, 0.25) is 5.02 Å². The molecule has 0 aliphatic carbocycles. The third-order valence-corrected chi connectivity index (χ3v) is 3.50. The molecular formula is C17H16ClN3O4S. The maximum absolute atomic E-state index is 11.9. The van der Waals surface area contributed by atoms with Crippen molar-refractivity contribution in [3.05, 3.63) is 59.1 Å². The van der Waals surface area contributed by atoms with E-state index in [0.29, 0.717) is 22.1 Å². The minimum Gasteiger partial charge on any atom is -0.497 e. The van der Waals surface area contributed by atoms with Crippen LogP contribution >= 0.6 is 23.8 Å². The maximum atomic E-state index is 11.9. The highest BCUT2D eigenvalue weighted by molar-refractivity contribution is 7.80. The number of benzene rings is 2. The molecule has 2 aromatic rings. The van der Waals surface area contributed by atoms with Crippen molar-refractivity contribution in [2.24, 2.45) is 0 Å². The Morgan fingerprint density at radius 1 is 1.08 bits per heavy atom. The molecular weight excluding hydrogens is 378 g/mol. The van der Waals surface area contributed by atoms with Gasteiger partial charge in [-0.3, -0.25) is 25.8 Å². The average Bonchev–Trinajstić information content (AvgIpc) is 2.65. The molecule has 136 valence electrons. The molecule has 2 aromatic carbocycles. The van der Waals surface area contributed by atoms with E-state index < -0.39 is 11.8 Å². The summed E-state index contributed by atoms with van der Waals surface area (Å²) in [6, 6.07) is 13.2. The van der Waals surface area contributed by atoms with Crippen LogP contribution in [0.3, 0.4) is 0 Å². The van der Waals surface area contributed by atoms with E-state index in [1.54, 1.807) is 49.6 Å². The van der Waals surface area contributed by atoms with Crippen molar-refractivity contribution in [1.82, 2.24) is 16.2 Å². The molecule has 2 amide bonds. The summed E-state index contributed by atoms with van der Waals surface area (Å²) in [5, 5.41) is 2.75. The van der Waals surface area contributed by atoms with Gasteiger partial charge in [-0.2, -0.15) is 0 Å². The summed E-state index contributed by atoms with van der Waals surface area (Å²) in [5.41, 5.74) is 5.14. The van der Waals surface area contributed by atoms with E-state index in [-0.39, 0.29) is 11.7 Å². The zero-order valence-corrected chi connectivity index (χ0v) is 15.3. The van der Waals surface area contributed by atoms with Gasteiger partial charge in [0.15, 0.2) is 11.7 Å². The second-order valence-electron chi connectivity index (χ2n) is 4.93. The monoisotopic (exact) mass is 393 g/mol. The average molecular weight is 394 g/mol. The van der Waals surface area contributed by atoms with Crippen molar-refractivity contribution in [3.8, 4) is 11.5 Å². The number of carbonyl (C=O) groups excluding carboxylic acids is 2. The van der Waals surface area contributed by atoms with Gasteiger partial charge in [0.2, 0.25) is 0 Å². The number of thiocarbonyl (C=S) groups is 1. The van der Waals surface area contributed by atoms with Crippen LogP contribution in [0.15, 0.2) is 48.5 Å². The molecule has 0 spiro atoms. The van der Waals surface area contributed by atoms with E-state index in [2.05, 4.69) is 16.2 Å². The Kier molecular flexibility index (Phi) is 7.19. The Bertz CT molecular complexity index is 799. The first-order valence-corrected chi connectivity index (χ1v) is 8.19. The second kappa shape index (κ2) is 9.59. The molecule has 0 fully saturated rings. The van der Waals surface area contributed by atoms with Crippen LogP contribution < -0.4 is 25.6 Å².